The maximum absolute atomic E-state index is 9.91. The van der Waals surface area contributed by atoms with Crippen molar-refractivity contribution in [3.05, 3.63) is 24.3 Å². The second-order valence-electron chi connectivity index (χ2n) is 1.59. The average Bonchev–Trinajstić information content (AvgIpc) is 1.83. The summed E-state index contributed by atoms with van der Waals surface area (Å²) in [5, 5.41) is 0. The Morgan fingerprint density at radius 3 is 2.75 bits per heavy atom. The van der Waals surface area contributed by atoms with E-state index in [1.165, 1.54) is 0 Å². The van der Waals surface area contributed by atoms with Crippen LogP contribution in [0, 0.1) is 0 Å². The summed E-state index contributed by atoms with van der Waals surface area (Å²) in [6.45, 7) is 5.28. The molecule has 0 heterocycles. The van der Waals surface area contributed by atoms with E-state index in [0.717, 1.165) is 18.3 Å². The quantitative estimate of drug-likeness (QED) is 0.307. The molecular weight excluding hydrogens is 100 g/mol. The number of carbonyl (C=O) groups excluding carboxylic acids is 1. The molecule has 0 aliphatic carbocycles. The van der Waals surface area contributed by atoms with Crippen molar-refractivity contribution in [3.8, 4) is 0 Å². The number of hydrogen-bond acceptors (Lipinski definition) is 1. The van der Waals surface area contributed by atoms with Crippen molar-refractivity contribution in [1.29, 1.82) is 0 Å². The SMILES string of the molecule is C=CC/C=C(/C)C=O. The van der Waals surface area contributed by atoms with Crippen molar-refractivity contribution < 1.29 is 4.79 Å². The molecule has 0 N–H and O–H groups in total. The molecule has 0 bridgehead atoms. The van der Waals surface area contributed by atoms with Gasteiger partial charge >= 0.3 is 0 Å². The maximum Gasteiger partial charge on any atom is 0.145 e. The lowest BCUT2D eigenvalue weighted by molar-refractivity contribution is -0.104. The van der Waals surface area contributed by atoms with Crippen LogP contribution in [0.3, 0.4) is 0 Å². The molecule has 0 aromatic rings. The van der Waals surface area contributed by atoms with E-state index in [9.17, 15) is 4.79 Å². The summed E-state index contributed by atoms with van der Waals surface area (Å²) >= 11 is 0. The number of hydrogen-bond donors (Lipinski definition) is 0. The highest BCUT2D eigenvalue weighted by atomic mass is 16.1. The lowest BCUT2D eigenvalue weighted by Gasteiger charge is -1.81. The van der Waals surface area contributed by atoms with Gasteiger partial charge in [0.1, 0.15) is 6.29 Å². The van der Waals surface area contributed by atoms with Gasteiger partial charge in [0.2, 0.25) is 0 Å². The molecule has 0 saturated heterocycles. The van der Waals surface area contributed by atoms with Crippen molar-refractivity contribution in [2.24, 2.45) is 0 Å². The predicted octanol–water partition coefficient (Wildman–Crippen LogP) is 1.71. The van der Waals surface area contributed by atoms with Crippen LogP contribution in [-0.4, -0.2) is 6.29 Å². The van der Waals surface area contributed by atoms with Crippen LogP contribution >= 0.6 is 0 Å². The van der Waals surface area contributed by atoms with Gasteiger partial charge in [-0.25, -0.2) is 0 Å². The van der Waals surface area contributed by atoms with E-state index >= 15 is 0 Å². The molecule has 0 rings (SSSR count). The smallest absolute Gasteiger partial charge is 0.145 e. The van der Waals surface area contributed by atoms with Gasteiger partial charge in [-0.2, -0.15) is 0 Å². The van der Waals surface area contributed by atoms with Crippen LogP contribution in [0.25, 0.3) is 0 Å². The van der Waals surface area contributed by atoms with E-state index in [4.69, 9.17) is 0 Å². The van der Waals surface area contributed by atoms with Crippen molar-refractivity contribution >= 4 is 6.29 Å². The lowest BCUT2D eigenvalue weighted by atomic mass is 10.3. The maximum atomic E-state index is 9.91. The first-order chi connectivity index (χ1) is 3.81. The summed E-state index contributed by atoms with van der Waals surface area (Å²) in [7, 11) is 0. The molecule has 1 heteroatoms. The van der Waals surface area contributed by atoms with Crippen LogP contribution in [-0.2, 0) is 4.79 Å². The molecule has 0 aromatic carbocycles. The van der Waals surface area contributed by atoms with Crippen LogP contribution in [0.1, 0.15) is 13.3 Å². The van der Waals surface area contributed by atoms with Crippen LogP contribution in [0.5, 0.6) is 0 Å². The molecule has 0 spiro atoms. The highest BCUT2D eigenvalue weighted by Crippen LogP contribution is 1.89. The summed E-state index contributed by atoms with van der Waals surface area (Å²) in [5.41, 5.74) is 0.768. The zero-order valence-corrected chi connectivity index (χ0v) is 5.05. The van der Waals surface area contributed by atoms with Gasteiger partial charge in [-0.15, -0.1) is 6.58 Å². The Morgan fingerprint density at radius 2 is 2.38 bits per heavy atom. The summed E-state index contributed by atoms with van der Waals surface area (Å²) in [4.78, 5) is 9.91. The van der Waals surface area contributed by atoms with E-state index in [2.05, 4.69) is 6.58 Å². The predicted molar refractivity (Wildman–Crippen MR) is 34.6 cm³/mol. The van der Waals surface area contributed by atoms with Crippen LogP contribution in [0.15, 0.2) is 24.3 Å². The summed E-state index contributed by atoms with van der Waals surface area (Å²) < 4.78 is 0. The normalized spacial score (nSPS) is 10.9. The second kappa shape index (κ2) is 4.31. The van der Waals surface area contributed by atoms with Crippen molar-refractivity contribution in [1.82, 2.24) is 0 Å². The van der Waals surface area contributed by atoms with Crippen molar-refractivity contribution in [2.75, 3.05) is 0 Å². The van der Waals surface area contributed by atoms with Crippen molar-refractivity contribution in [3.63, 3.8) is 0 Å². The second-order valence-corrected chi connectivity index (χ2v) is 1.59. The summed E-state index contributed by atoms with van der Waals surface area (Å²) in [6.07, 6.45) is 5.21. The Kier molecular flexibility index (Phi) is 3.85. The topological polar surface area (TPSA) is 17.1 Å². The highest BCUT2D eigenvalue weighted by molar-refractivity contribution is 5.71. The third kappa shape index (κ3) is 3.34. The fourth-order valence-electron chi connectivity index (χ4n) is 0.317. The molecule has 0 radical (unpaired) electrons. The molecule has 1 nitrogen and oxygen atoms in total. The van der Waals surface area contributed by atoms with Gasteiger partial charge in [0, 0.05) is 0 Å². The minimum Gasteiger partial charge on any atom is -0.298 e. The zero-order chi connectivity index (χ0) is 6.41. The van der Waals surface area contributed by atoms with Gasteiger partial charge in [-0.05, 0) is 18.9 Å². The molecular formula is C7H10O. The van der Waals surface area contributed by atoms with Gasteiger partial charge in [0.25, 0.3) is 0 Å². The number of rotatable bonds is 3. The van der Waals surface area contributed by atoms with Crippen LogP contribution in [0.2, 0.25) is 0 Å². The van der Waals surface area contributed by atoms with Gasteiger partial charge < -0.3 is 0 Å². The number of aldehydes is 1. The first-order valence-corrected chi connectivity index (χ1v) is 2.54. The van der Waals surface area contributed by atoms with E-state index in [1.54, 1.807) is 13.0 Å². The van der Waals surface area contributed by atoms with Gasteiger partial charge in [-0.3, -0.25) is 4.79 Å². The van der Waals surface area contributed by atoms with E-state index in [-0.39, 0.29) is 0 Å². The zero-order valence-electron chi connectivity index (χ0n) is 5.05. The van der Waals surface area contributed by atoms with Gasteiger partial charge in [0.15, 0.2) is 0 Å². The van der Waals surface area contributed by atoms with E-state index in [0.29, 0.717) is 0 Å². The average molecular weight is 110 g/mol. The molecule has 8 heavy (non-hydrogen) atoms. The van der Waals surface area contributed by atoms with Crippen LogP contribution < -0.4 is 0 Å². The Morgan fingerprint density at radius 1 is 1.75 bits per heavy atom. The Balaban J connectivity index is 3.56. The van der Waals surface area contributed by atoms with Gasteiger partial charge in [-0.1, -0.05) is 12.2 Å². The fourth-order valence-corrected chi connectivity index (χ4v) is 0.317. The Hall–Kier alpha value is -0.850. The third-order valence-corrected chi connectivity index (χ3v) is 0.792. The molecule has 44 valence electrons. The van der Waals surface area contributed by atoms with Crippen molar-refractivity contribution in [2.45, 2.75) is 13.3 Å². The lowest BCUT2D eigenvalue weighted by Crippen LogP contribution is -1.73. The number of allylic oxidation sites excluding steroid dienone is 3. The highest BCUT2D eigenvalue weighted by Gasteiger charge is 1.77. The molecule has 0 saturated carbocycles. The first-order valence-electron chi connectivity index (χ1n) is 2.54. The van der Waals surface area contributed by atoms with Gasteiger partial charge in [0.05, 0.1) is 0 Å². The Bertz CT molecular complexity index is 112. The third-order valence-electron chi connectivity index (χ3n) is 0.792. The van der Waals surface area contributed by atoms with Crippen LogP contribution in [0.4, 0.5) is 0 Å². The largest absolute Gasteiger partial charge is 0.298 e. The minimum absolute atomic E-state index is 0.768. The molecule has 0 unspecified atom stereocenters. The summed E-state index contributed by atoms with van der Waals surface area (Å²) in [5.74, 6) is 0. The molecule has 0 amide bonds. The summed E-state index contributed by atoms with van der Waals surface area (Å²) in [6, 6.07) is 0. The standard InChI is InChI=1S/C7H10O/c1-3-4-5-7(2)6-8/h3,5-6H,1,4H2,2H3/b7-5-. The molecule has 0 aliphatic heterocycles. The van der Waals surface area contributed by atoms with E-state index < -0.39 is 0 Å². The molecule has 0 aliphatic rings. The van der Waals surface area contributed by atoms with E-state index in [1.807, 2.05) is 6.08 Å². The Labute approximate surface area is 49.7 Å². The molecule has 0 atom stereocenters. The monoisotopic (exact) mass is 110 g/mol. The fraction of sp³-hybridized carbons (Fsp3) is 0.286. The molecule has 0 aromatic heterocycles. The minimum atomic E-state index is 0.768. The number of carbonyl (C=O) groups is 1. The first kappa shape index (κ1) is 7.15. The molecule has 0 fully saturated rings.